The third-order valence-corrected chi connectivity index (χ3v) is 5.17. The monoisotopic (exact) mass is 503 g/mol. The fourth-order valence-electron chi connectivity index (χ4n) is 3.71. The minimum Gasteiger partial charge on any atom is -0.506 e. The van der Waals surface area contributed by atoms with Gasteiger partial charge in [0.2, 0.25) is 0 Å². The van der Waals surface area contributed by atoms with Crippen LogP contribution in [0.25, 0.3) is 10.9 Å². The van der Waals surface area contributed by atoms with Crippen LogP contribution in [-0.4, -0.2) is 54.2 Å². The quantitative estimate of drug-likeness (QED) is 0.326. The second kappa shape index (κ2) is 9.78. The molecule has 0 saturated carbocycles. The lowest BCUT2D eigenvalue weighted by atomic mass is 10.1. The van der Waals surface area contributed by atoms with Gasteiger partial charge in [0.05, 0.1) is 11.2 Å². The van der Waals surface area contributed by atoms with Crippen LogP contribution in [0.15, 0.2) is 65.8 Å². The molecule has 2 aromatic carbocycles. The normalized spacial score (nSPS) is 14.6. The van der Waals surface area contributed by atoms with E-state index in [9.17, 15) is 5.11 Å². The molecule has 2 heterocycles. The zero-order valence-corrected chi connectivity index (χ0v) is 18.8. The maximum absolute atomic E-state index is 10.1. The number of piperazine rings is 1. The standard InChI is InChI=1S/C22H25N5O.HI/c1-23-22(25-16-18-7-4-6-17-8-5-11-24-21(17)18)27-14-12-26(13-15-27)19-9-2-3-10-20(19)28;/h2-11,28H,12-16H2,1H3,(H,23,25);1H. The Morgan fingerprint density at radius 1 is 1.03 bits per heavy atom. The number of hydrogen-bond donors (Lipinski definition) is 2. The Hall–Kier alpha value is -2.55. The Labute approximate surface area is 188 Å². The predicted octanol–water partition coefficient (Wildman–Crippen LogP) is 3.46. The van der Waals surface area contributed by atoms with Crippen molar-refractivity contribution in [3.63, 3.8) is 0 Å². The summed E-state index contributed by atoms with van der Waals surface area (Å²) in [4.78, 5) is 13.5. The highest BCUT2D eigenvalue weighted by Crippen LogP contribution is 2.27. The molecule has 1 aromatic heterocycles. The van der Waals surface area contributed by atoms with Crippen LogP contribution in [0.5, 0.6) is 5.75 Å². The number of benzene rings is 2. The molecular weight excluding hydrogens is 477 g/mol. The zero-order chi connectivity index (χ0) is 19.3. The van der Waals surface area contributed by atoms with E-state index in [4.69, 9.17) is 0 Å². The van der Waals surface area contributed by atoms with Gasteiger partial charge >= 0.3 is 0 Å². The van der Waals surface area contributed by atoms with Gasteiger partial charge in [0.25, 0.3) is 0 Å². The summed E-state index contributed by atoms with van der Waals surface area (Å²) in [5, 5.41) is 14.7. The van der Waals surface area contributed by atoms with E-state index in [1.807, 2.05) is 37.5 Å². The van der Waals surface area contributed by atoms with Crippen molar-refractivity contribution in [2.75, 3.05) is 38.1 Å². The first-order valence-electron chi connectivity index (χ1n) is 9.57. The number of aromatic hydroxyl groups is 1. The van der Waals surface area contributed by atoms with Gasteiger partial charge in [-0.1, -0.05) is 36.4 Å². The molecule has 1 aliphatic heterocycles. The SMILES string of the molecule is CN=C(NCc1cccc2cccnc12)N1CCN(c2ccccc2O)CC1.I. The average molecular weight is 503 g/mol. The van der Waals surface area contributed by atoms with Crippen LogP contribution in [0.4, 0.5) is 5.69 Å². The minimum atomic E-state index is 0. The van der Waals surface area contributed by atoms with Gasteiger partial charge in [-0.05, 0) is 23.8 Å². The molecule has 0 bridgehead atoms. The van der Waals surface area contributed by atoms with E-state index in [2.05, 4.69) is 49.4 Å². The number of hydrogen-bond acceptors (Lipinski definition) is 4. The highest BCUT2D eigenvalue weighted by atomic mass is 127. The number of nitrogens with one attached hydrogen (secondary N) is 1. The van der Waals surface area contributed by atoms with E-state index in [-0.39, 0.29) is 24.0 Å². The van der Waals surface area contributed by atoms with Crippen LogP contribution in [0.3, 0.4) is 0 Å². The Morgan fingerprint density at radius 2 is 1.79 bits per heavy atom. The molecule has 29 heavy (non-hydrogen) atoms. The van der Waals surface area contributed by atoms with Gasteiger partial charge in [-0.3, -0.25) is 9.98 Å². The van der Waals surface area contributed by atoms with E-state index < -0.39 is 0 Å². The molecule has 152 valence electrons. The molecule has 3 aromatic rings. The summed E-state index contributed by atoms with van der Waals surface area (Å²) in [6, 6.07) is 17.8. The molecule has 0 spiro atoms. The topological polar surface area (TPSA) is 64.0 Å². The van der Waals surface area contributed by atoms with Crippen molar-refractivity contribution in [2.45, 2.75) is 6.54 Å². The smallest absolute Gasteiger partial charge is 0.194 e. The number of phenols is 1. The molecule has 0 amide bonds. The molecule has 0 atom stereocenters. The van der Waals surface area contributed by atoms with Gasteiger partial charge in [0.1, 0.15) is 5.75 Å². The van der Waals surface area contributed by atoms with Crippen molar-refractivity contribution in [2.24, 2.45) is 4.99 Å². The number of rotatable bonds is 3. The third-order valence-electron chi connectivity index (χ3n) is 5.17. The lowest BCUT2D eigenvalue weighted by molar-refractivity contribution is 0.369. The summed E-state index contributed by atoms with van der Waals surface area (Å²) in [5.41, 5.74) is 3.08. The van der Waals surface area contributed by atoms with E-state index in [1.54, 1.807) is 6.07 Å². The van der Waals surface area contributed by atoms with Gasteiger partial charge < -0.3 is 20.2 Å². The molecule has 1 fully saturated rings. The summed E-state index contributed by atoms with van der Waals surface area (Å²) >= 11 is 0. The van der Waals surface area contributed by atoms with Gasteiger partial charge in [-0.2, -0.15) is 0 Å². The minimum absolute atomic E-state index is 0. The van der Waals surface area contributed by atoms with Gasteiger partial charge in [0.15, 0.2) is 5.96 Å². The first kappa shape index (κ1) is 21.2. The van der Waals surface area contributed by atoms with Crippen molar-refractivity contribution in [1.29, 1.82) is 0 Å². The van der Waals surface area contributed by atoms with Crippen LogP contribution >= 0.6 is 24.0 Å². The fourth-order valence-corrected chi connectivity index (χ4v) is 3.71. The number of aromatic nitrogens is 1. The maximum atomic E-state index is 10.1. The van der Waals surface area contributed by atoms with Crippen LogP contribution in [0.2, 0.25) is 0 Å². The number of pyridine rings is 1. The average Bonchev–Trinajstić information content (AvgIpc) is 2.75. The zero-order valence-electron chi connectivity index (χ0n) is 16.5. The van der Waals surface area contributed by atoms with Crippen LogP contribution in [0, 0.1) is 0 Å². The molecule has 6 nitrogen and oxygen atoms in total. The number of phenolic OH excluding ortho intramolecular Hbond substituents is 1. The number of halogens is 1. The van der Waals surface area contributed by atoms with Crippen molar-refractivity contribution < 1.29 is 5.11 Å². The molecule has 0 unspecified atom stereocenters. The predicted molar refractivity (Wildman–Crippen MR) is 129 cm³/mol. The van der Waals surface area contributed by atoms with Crippen molar-refractivity contribution >= 4 is 46.5 Å². The van der Waals surface area contributed by atoms with E-state index in [1.165, 1.54) is 0 Å². The second-order valence-corrected chi connectivity index (χ2v) is 6.86. The Balaban J connectivity index is 0.00000240. The lowest BCUT2D eigenvalue weighted by Crippen LogP contribution is -2.52. The lowest BCUT2D eigenvalue weighted by Gasteiger charge is -2.37. The molecule has 1 aliphatic rings. The van der Waals surface area contributed by atoms with Gasteiger partial charge in [-0.15, -0.1) is 24.0 Å². The molecule has 0 aliphatic carbocycles. The number of aliphatic imine (C=N–C) groups is 1. The summed E-state index contributed by atoms with van der Waals surface area (Å²) in [6.45, 7) is 4.06. The van der Waals surface area contributed by atoms with E-state index >= 15 is 0 Å². The second-order valence-electron chi connectivity index (χ2n) is 6.86. The van der Waals surface area contributed by atoms with Crippen molar-refractivity contribution in [3.05, 3.63) is 66.4 Å². The van der Waals surface area contributed by atoms with Crippen LogP contribution < -0.4 is 10.2 Å². The summed E-state index contributed by atoms with van der Waals surface area (Å²) in [6.07, 6.45) is 1.83. The highest BCUT2D eigenvalue weighted by molar-refractivity contribution is 14.0. The van der Waals surface area contributed by atoms with Crippen LogP contribution in [-0.2, 0) is 6.54 Å². The van der Waals surface area contributed by atoms with E-state index in [0.29, 0.717) is 12.3 Å². The number of fused-ring (bicyclic) bond motifs is 1. The Bertz CT molecular complexity index is 980. The maximum Gasteiger partial charge on any atom is 0.194 e. The molecule has 0 radical (unpaired) electrons. The molecule has 7 heteroatoms. The largest absolute Gasteiger partial charge is 0.506 e. The summed E-state index contributed by atoms with van der Waals surface area (Å²) in [7, 11) is 1.82. The third kappa shape index (κ3) is 4.72. The fraction of sp³-hybridized carbons (Fsp3) is 0.273. The number of anilines is 1. The Morgan fingerprint density at radius 3 is 2.55 bits per heavy atom. The molecular formula is C22H26IN5O. The summed E-state index contributed by atoms with van der Waals surface area (Å²) in [5.74, 6) is 1.23. The van der Waals surface area contributed by atoms with Crippen molar-refractivity contribution in [1.82, 2.24) is 15.2 Å². The molecule has 2 N–H and O–H groups in total. The Kier molecular flexibility index (Phi) is 7.13. The van der Waals surface area contributed by atoms with Gasteiger partial charge in [0, 0.05) is 51.4 Å². The highest BCUT2D eigenvalue weighted by Gasteiger charge is 2.21. The number of para-hydroxylation sites is 3. The van der Waals surface area contributed by atoms with Crippen LogP contribution in [0.1, 0.15) is 5.56 Å². The first-order chi connectivity index (χ1) is 13.8. The first-order valence-corrected chi connectivity index (χ1v) is 9.57. The number of guanidine groups is 1. The van der Waals surface area contributed by atoms with Crippen molar-refractivity contribution in [3.8, 4) is 5.75 Å². The van der Waals surface area contributed by atoms with E-state index in [0.717, 1.165) is 54.3 Å². The summed E-state index contributed by atoms with van der Waals surface area (Å²) < 4.78 is 0. The van der Waals surface area contributed by atoms with Gasteiger partial charge in [-0.25, -0.2) is 0 Å². The molecule has 4 rings (SSSR count). The molecule has 1 saturated heterocycles. The number of nitrogens with zero attached hydrogens (tertiary/aromatic N) is 4.